The van der Waals surface area contributed by atoms with Gasteiger partial charge in [-0.1, -0.05) is 182 Å². The Hall–Kier alpha value is -10.4. The number of aromatic nitrogens is 5. The fourth-order valence-corrected chi connectivity index (χ4v) is 11.7. The summed E-state index contributed by atoms with van der Waals surface area (Å²) in [5.74, 6) is 1.77. The molecule has 5 aromatic heterocycles. The van der Waals surface area contributed by atoms with Crippen molar-refractivity contribution >= 4 is 87.5 Å². The lowest BCUT2D eigenvalue weighted by Crippen LogP contribution is -2.03. The Bertz CT molecular complexity index is 4700. The van der Waals surface area contributed by atoms with Crippen molar-refractivity contribution in [3.05, 3.63) is 249 Å². The first kappa shape index (κ1) is 42.2. The molecular weight excluding hydrogens is 931 g/mol. The minimum Gasteiger partial charge on any atom is -0.455 e. The molecule has 354 valence electrons. The van der Waals surface area contributed by atoms with E-state index in [9.17, 15) is 0 Å². The molecule has 11 aromatic carbocycles. The third-order valence-corrected chi connectivity index (χ3v) is 15.2. The molecule has 0 spiro atoms. The fourth-order valence-electron chi connectivity index (χ4n) is 11.7. The first-order valence-corrected chi connectivity index (χ1v) is 25.6. The van der Waals surface area contributed by atoms with Crippen LogP contribution in [-0.4, -0.2) is 24.1 Å². The highest BCUT2D eigenvalue weighted by molar-refractivity contribution is 6.15. The number of hydrogen-bond acceptors (Lipinski definition) is 5. The largest absolute Gasteiger partial charge is 0.455 e. The van der Waals surface area contributed by atoms with Gasteiger partial charge in [0.25, 0.3) is 0 Å². The second-order valence-corrected chi connectivity index (χ2v) is 19.5. The van der Waals surface area contributed by atoms with Gasteiger partial charge in [-0.2, -0.15) is 0 Å². The van der Waals surface area contributed by atoms with Crippen molar-refractivity contribution < 1.29 is 8.83 Å². The summed E-state index contributed by atoms with van der Waals surface area (Å²) < 4.78 is 17.9. The van der Waals surface area contributed by atoms with E-state index < -0.39 is 0 Å². The van der Waals surface area contributed by atoms with Gasteiger partial charge in [0.05, 0.1) is 22.1 Å². The lowest BCUT2D eigenvalue weighted by molar-refractivity contribution is 0.669. The van der Waals surface area contributed by atoms with Crippen LogP contribution in [0, 0.1) is 0 Å². The van der Waals surface area contributed by atoms with Gasteiger partial charge in [-0.15, -0.1) is 0 Å². The van der Waals surface area contributed by atoms with Gasteiger partial charge >= 0.3 is 0 Å². The highest BCUT2D eigenvalue weighted by Gasteiger charge is 2.22. The predicted octanol–water partition coefficient (Wildman–Crippen LogP) is 18.2. The minimum atomic E-state index is 0.569. The van der Waals surface area contributed by atoms with E-state index in [0.717, 1.165) is 138 Å². The van der Waals surface area contributed by atoms with Crippen molar-refractivity contribution in [1.29, 1.82) is 0 Å². The molecule has 7 nitrogen and oxygen atoms in total. The van der Waals surface area contributed by atoms with Crippen molar-refractivity contribution in [3.8, 4) is 67.8 Å². The molecule has 16 rings (SSSR count). The Balaban J connectivity index is 0.948. The van der Waals surface area contributed by atoms with E-state index in [2.05, 4.69) is 197 Å². The Kier molecular flexibility index (Phi) is 9.20. The van der Waals surface area contributed by atoms with Gasteiger partial charge in [-0.25, -0.2) is 15.0 Å². The van der Waals surface area contributed by atoms with Crippen LogP contribution in [0.15, 0.2) is 258 Å². The third kappa shape index (κ3) is 6.52. The molecule has 76 heavy (non-hydrogen) atoms. The number of fused-ring (bicyclic) bond motifs is 12. The lowest BCUT2D eigenvalue weighted by atomic mass is 10.0. The molecular formula is C69H41N5O2. The molecule has 0 bridgehead atoms. The van der Waals surface area contributed by atoms with E-state index >= 15 is 0 Å². The quantitative estimate of drug-likeness (QED) is 0.159. The third-order valence-electron chi connectivity index (χ3n) is 15.2. The smallest absolute Gasteiger partial charge is 0.164 e. The zero-order chi connectivity index (χ0) is 49.8. The number of benzene rings is 11. The first-order valence-electron chi connectivity index (χ1n) is 25.6. The summed E-state index contributed by atoms with van der Waals surface area (Å²) in [7, 11) is 0. The zero-order valence-corrected chi connectivity index (χ0v) is 40.7. The summed E-state index contributed by atoms with van der Waals surface area (Å²) in [6, 6.07) is 87.5. The summed E-state index contributed by atoms with van der Waals surface area (Å²) in [6.45, 7) is 0. The molecule has 0 aliphatic carbocycles. The monoisotopic (exact) mass is 971 g/mol. The molecule has 0 saturated carbocycles. The summed E-state index contributed by atoms with van der Waals surface area (Å²) >= 11 is 0. The van der Waals surface area contributed by atoms with E-state index in [-0.39, 0.29) is 0 Å². The number of hydrogen-bond donors (Lipinski definition) is 0. The Morgan fingerprint density at radius 1 is 0.250 bits per heavy atom. The van der Waals surface area contributed by atoms with Crippen LogP contribution in [0.3, 0.4) is 0 Å². The minimum absolute atomic E-state index is 0.569. The van der Waals surface area contributed by atoms with Crippen LogP contribution in [-0.2, 0) is 0 Å². The van der Waals surface area contributed by atoms with Crippen molar-refractivity contribution in [2.75, 3.05) is 0 Å². The molecule has 0 amide bonds. The molecule has 0 aliphatic rings. The van der Waals surface area contributed by atoms with Gasteiger partial charge in [0.15, 0.2) is 17.5 Å². The Labute approximate surface area is 434 Å². The number of para-hydroxylation sites is 6. The van der Waals surface area contributed by atoms with Gasteiger partial charge < -0.3 is 18.0 Å². The standard InChI is InChI=1S/C69H41N5O2/c1-3-17-42(18-4-1)67-70-68(43-19-5-2-6-20-43)72-69(71-67)46-37-47(73-59-29-11-7-21-51(59)57-39-44(33-35-61(57)73)49-25-15-27-55-53-23-9-13-31-63(53)75-65(49)55)41-48(38-46)74-60-30-12-8-22-52(60)58-40-45(34-36-62(58)74)50-26-16-28-56-54-24-10-14-32-64(54)76-66(50)56/h1-41H. The number of nitrogens with zero attached hydrogens (tertiary/aromatic N) is 5. The van der Waals surface area contributed by atoms with E-state index in [1.165, 1.54) is 0 Å². The number of rotatable bonds is 7. The molecule has 0 unspecified atom stereocenters. The van der Waals surface area contributed by atoms with E-state index in [0.29, 0.717) is 17.5 Å². The maximum Gasteiger partial charge on any atom is 0.164 e. The van der Waals surface area contributed by atoms with E-state index in [1.54, 1.807) is 0 Å². The average Bonchev–Trinajstić information content (AvgIpc) is 4.31. The highest BCUT2D eigenvalue weighted by atomic mass is 16.3. The zero-order valence-electron chi connectivity index (χ0n) is 40.7. The highest BCUT2D eigenvalue weighted by Crippen LogP contribution is 2.43. The molecule has 0 N–H and O–H groups in total. The maximum atomic E-state index is 6.58. The van der Waals surface area contributed by atoms with Gasteiger partial charge in [0.2, 0.25) is 0 Å². The van der Waals surface area contributed by atoms with Gasteiger partial charge in [0, 0.05) is 82.3 Å². The van der Waals surface area contributed by atoms with Crippen LogP contribution in [0.2, 0.25) is 0 Å². The van der Waals surface area contributed by atoms with Crippen molar-refractivity contribution in [3.63, 3.8) is 0 Å². The lowest BCUT2D eigenvalue weighted by Gasteiger charge is -2.16. The van der Waals surface area contributed by atoms with Gasteiger partial charge in [0.1, 0.15) is 22.3 Å². The Morgan fingerprint density at radius 3 is 1.11 bits per heavy atom. The predicted molar refractivity (Wildman–Crippen MR) is 310 cm³/mol. The molecule has 0 saturated heterocycles. The second kappa shape index (κ2) is 16.6. The van der Waals surface area contributed by atoms with Gasteiger partial charge in [-0.05, 0) is 77.9 Å². The summed E-state index contributed by atoms with van der Waals surface area (Å²) in [5.41, 5.74) is 16.7. The average molecular weight is 972 g/mol. The summed E-state index contributed by atoms with van der Waals surface area (Å²) in [5, 5.41) is 8.99. The maximum absolute atomic E-state index is 6.58. The summed E-state index contributed by atoms with van der Waals surface area (Å²) in [6.07, 6.45) is 0. The van der Waals surface area contributed by atoms with Gasteiger partial charge in [-0.3, -0.25) is 0 Å². The van der Waals surface area contributed by atoms with E-state index in [1.807, 2.05) is 60.7 Å². The molecule has 7 heteroatoms. The molecule has 0 atom stereocenters. The van der Waals surface area contributed by atoms with Crippen LogP contribution < -0.4 is 0 Å². The normalized spacial score (nSPS) is 11.9. The first-order chi connectivity index (χ1) is 37.7. The van der Waals surface area contributed by atoms with Crippen LogP contribution in [0.4, 0.5) is 0 Å². The molecule has 0 fully saturated rings. The topological polar surface area (TPSA) is 74.8 Å². The Morgan fingerprint density at radius 2 is 0.632 bits per heavy atom. The van der Waals surface area contributed by atoms with E-state index in [4.69, 9.17) is 23.8 Å². The van der Waals surface area contributed by atoms with Crippen LogP contribution in [0.25, 0.3) is 155 Å². The fraction of sp³-hybridized carbons (Fsp3) is 0. The molecule has 5 heterocycles. The van der Waals surface area contributed by atoms with Crippen LogP contribution >= 0.6 is 0 Å². The number of furan rings is 2. The van der Waals surface area contributed by atoms with Crippen LogP contribution in [0.1, 0.15) is 0 Å². The van der Waals surface area contributed by atoms with Crippen molar-refractivity contribution in [2.45, 2.75) is 0 Å². The summed E-state index contributed by atoms with van der Waals surface area (Å²) in [4.78, 5) is 15.7. The van der Waals surface area contributed by atoms with Crippen LogP contribution in [0.5, 0.6) is 0 Å². The SMILES string of the molecule is c1ccc(-c2nc(-c3ccccc3)nc(-c3cc(-n4c5ccccc5c5cc(-c6cccc7c6oc6ccccc67)ccc54)cc(-n4c5ccccc5c5cc(-c6cccc7c6oc6ccccc67)ccc54)c3)n2)cc1. The molecule has 0 aliphatic heterocycles. The molecule has 0 radical (unpaired) electrons. The second-order valence-electron chi connectivity index (χ2n) is 19.5. The molecule has 16 aromatic rings. The van der Waals surface area contributed by atoms with Crippen molar-refractivity contribution in [1.82, 2.24) is 24.1 Å². The van der Waals surface area contributed by atoms with Crippen molar-refractivity contribution in [2.24, 2.45) is 0 Å².